The molecule has 0 unspecified atom stereocenters. The molecule has 1 aliphatic rings. The van der Waals surface area contributed by atoms with Crippen LogP contribution in [0, 0.1) is 5.82 Å². The first-order valence-corrected chi connectivity index (χ1v) is 6.65. The minimum absolute atomic E-state index is 0.127. The van der Waals surface area contributed by atoms with Crippen LogP contribution in [-0.2, 0) is 11.2 Å². The highest BCUT2D eigenvalue weighted by Crippen LogP contribution is 2.34. The molecule has 0 aliphatic carbocycles. The number of amides is 1. The summed E-state index contributed by atoms with van der Waals surface area (Å²) in [5.41, 5.74) is 1.46. The lowest BCUT2D eigenvalue weighted by Gasteiger charge is -2.06. The molecular weight excluding hydrogens is 273 g/mol. The minimum atomic E-state index is -0.288. The lowest BCUT2D eigenvalue weighted by atomic mass is 10.1. The van der Waals surface area contributed by atoms with Crippen LogP contribution in [0.5, 0.6) is 11.5 Å². The van der Waals surface area contributed by atoms with Crippen LogP contribution in [0.4, 0.5) is 10.1 Å². The number of halogens is 1. The number of benzene rings is 2. The number of ether oxygens (including phenoxy) is 2. The Morgan fingerprint density at radius 3 is 2.86 bits per heavy atom. The van der Waals surface area contributed by atoms with Crippen molar-refractivity contribution in [3.63, 3.8) is 0 Å². The van der Waals surface area contributed by atoms with E-state index in [1.807, 2.05) is 0 Å². The van der Waals surface area contributed by atoms with Gasteiger partial charge in [0, 0.05) is 18.2 Å². The molecule has 1 aliphatic heterocycles. The van der Waals surface area contributed by atoms with Gasteiger partial charge in [0.15, 0.2) is 11.5 Å². The van der Waals surface area contributed by atoms with E-state index < -0.39 is 0 Å². The second-order valence-electron chi connectivity index (χ2n) is 4.75. The Hall–Kier alpha value is -2.56. The first-order chi connectivity index (χ1) is 10.2. The SMILES string of the molecule is O=C(CCc1cccc(F)c1)Nc1ccc2c(c1)OCO2. The summed E-state index contributed by atoms with van der Waals surface area (Å²) in [7, 11) is 0. The summed E-state index contributed by atoms with van der Waals surface area (Å²) in [6.45, 7) is 0.201. The Morgan fingerprint density at radius 1 is 1.14 bits per heavy atom. The standard InChI is InChI=1S/C16H14FNO3/c17-12-3-1-2-11(8-12)4-7-16(19)18-13-5-6-14-15(9-13)21-10-20-14/h1-3,5-6,8-9H,4,7,10H2,(H,18,19). The summed E-state index contributed by atoms with van der Waals surface area (Å²) in [6.07, 6.45) is 0.784. The number of rotatable bonds is 4. The fraction of sp³-hybridized carbons (Fsp3) is 0.188. The fourth-order valence-electron chi connectivity index (χ4n) is 2.15. The predicted octanol–water partition coefficient (Wildman–Crippen LogP) is 3.13. The second kappa shape index (κ2) is 5.83. The van der Waals surface area contributed by atoms with E-state index in [9.17, 15) is 9.18 Å². The lowest BCUT2D eigenvalue weighted by molar-refractivity contribution is -0.116. The van der Waals surface area contributed by atoms with Crippen LogP contribution in [-0.4, -0.2) is 12.7 Å². The van der Waals surface area contributed by atoms with Gasteiger partial charge in [0.1, 0.15) is 5.82 Å². The number of hydrogen-bond acceptors (Lipinski definition) is 3. The summed E-state index contributed by atoms with van der Waals surface area (Å²) >= 11 is 0. The number of nitrogens with one attached hydrogen (secondary N) is 1. The van der Waals surface area contributed by atoms with Crippen molar-refractivity contribution in [3.8, 4) is 11.5 Å². The van der Waals surface area contributed by atoms with Crippen LogP contribution < -0.4 is 14.8 Å². The van der Waals surface area contributed by atoms with Gasteiger partial charge in [0.2, 0.25) is 12.7 Å². The van der Waals surface area contributed by atoms with Crippen LogP contribution in [0.1, 0.15) is 12.0 Å². The van der Waals surface area contributed by atoms with Crippen molar-refractivity contribution in [2.45, 2.75) is 12.8 Å². The zero-order valence-electron chi connectivity index (χ0n) is 11.3. The molecule has 0 radical (unpaired) electrons. The maximum atomic E-state index is 13.0. The molecule has 4 nitrogen and oxygen atoms in total. The molecule has 21 heavy (non-hydrogen) atoms. The summed E-state index contributed by atoms with van der Waals surface area (Å²) in [4.78, 5) is 11.9. The zero-order chi connectivity index (χ0) is 14.7. The number of aryl methyl sites for hydroxylation is 1. The van der Waals surface area contributed by atoms with Crippen molar-refractivity contribution in [2.24, 2.45) is 0 Å². The number of carbonyl (C=O) groups is 1. The Balaban J connectivity index is 1.57. The summed E-state index contributed by atoms with van der Waals surface area (Å²) in [5.74, 6) is 0.882. The molecule has 5 heteroatoms. The number of anilines is 1. The number of fused-ring (bicyclic) bond motifs is 1. The van der Waals surface area contributed by atoms with E-state index in [2.05, 4.69) is 5.32 Å². The fourth-order valence-corrected chi connectivity index (χ4v) is 2.15. The molecule has 2 aromatic carbocycles. The molecule has 0 fully saturated rings. The van der Waals surface area contributed by atoms with Gasteiger partial charge in [-0.1, -0.05) is 12.1 Å². The molecule has 0 saturated carbocycles. The van der Waals surface area contributed by atoms with Gasteiger partial charge >= 0.3 is 0 Å². The second-order valence-corrected chi connectivity index (χ2v) is 4.75. The smallest absolute Gasteiger partial charge is 0.231 e. The van der Waals surface area contributed by atoms with Crippen LogP contribution in [0.15, 0.2) is 42.5 Å². The Morgan fingerprint density at radius 2 is 2.00 bits per heavy atom. The largest absolute Gasteiger partial charge is 0.454 e. The van der Waals surface area contributed by atoms with Crippen molar-refractivity contribution >= 4 is 11.6 Å². The topological polar surface area (TPSA) is 47.6 Å². The van der Waals surface area contributed by atoms with Gasteiger partial charge in [-0.2, -0.15) is 0 Å². The maximum absolute atomic E-state index is 13.0. The van der Waals surface area contributed by atoms with Gasteiger partial charge in [0.05, 0.1) is 0 Å². The van der Waals surface area contributed by atoms with Crippen molar-refractivity contribution in [1.29, 1.82) is 0 Å². The molecule has 0 spiro atoms. The summed E-state index contributed by atoms with van der Waals surface area (Å²) in [5, 5.41) is 2.79. The number of carbonyl (C=O) groups excluding carboxylic acids is 1. The Labute approximate surface area is 121 Å². The molecule has 108 valence electrons. The quantitative estimate of drug-likeness (QED) is 0.939. The van der Waals surface area contributed by atoms with Crippen LogP contribution in [0.2, 0.25) is 0 Å². The minimum Gasteiger partial charge on any atom is -0.454 e. The van der Waals surface area contributed by atoms with Crippen molar-refractivity contribution < 1.29 is 18.7 Å². The van der Waals surface area contributed by atoms with Crippen LogP contribution in [0.25, 0.3) is 0 Å². The van der Waals surface area contributed by atoms with Gasteiger partial charge in [-0.25, -0.2) is 4.39 Å². The maximum Gasteiger partial charge on any atom is 0.231 e. The molecule has 0 saturated heterocycles. The highest BCUT2D eigenvalue weighted by atomic mass is 19.1. The van der Waals surface area contributed by atoms with Crippen molar-refractivity contribution in [2.75, 3.05) is 12.1 Å². The molecule has 1 amide bonds. The highest BCUT2D eigenvalue weighted by molar-refractivity contribution is 5.91. The molecule has 0 aromatic heterocycles. The van der Waals surface area contributed by atoms with Gasteiger partial charge < -0.3 is 14.8 Å². The zero-order valence-corrected chi connectivity index (χ0v) is 11.3. The molecule has 1 N–H and O–H groups in total. The monoisotopic (exact) mass is 287 g/mol. The third-order valence-corrected chi connectivity index (χ3v) is 3.19. The first kappa shape index (κ1) is 13.4. The van der Waals surface area contributed by atoms with E-state index in [0.717, 1.165) is 5.56 Å². The molecular formula is C16H14FNO3. The Bertz CT molecular complexity index is 672. The molecule has 2 aromatic rings. The van der Waals surface area contributed by atoms with E-state index in [0.29, 0.717) is 23.6 Å². The summed E-state index contributed by atoms with van der Waals surface area (Å²) < 4.78 is 23.5. The van der Waals surface area contributed by atoms with Crippen LogP contribution in [0.3, 0.4) is 0 Å². The first-order valence-electron chi connectivity index (χ1n) is 6.65. The predicted molar refractivity (Wildman–Crippen MR) is 75.9 cm³/mol. The normalized spacial score (nSPS) is 12.2. The lowest BCUT2D eigenvalue weighted by Crippen LogP contribution is -2.12. The molecule has 1 heterocycles. The third kappa shape index (κ3) is 3.31. The van der Waals surface area contributed by atoms with E-state index >= 15 is 0 Å². The molecule has 0 atom stereocenters. The van der Waals surface area contributed by atoms with Gasteiger partial charge in [-0.3, -0.25) is 4.79 Å². The third-order valence-electron chi connectivity index (χ3n) is 3.19. The molecule has 3 rings (SSSR count). The van der Waals surface area contributed by atoms with E-state index in [1.165, 1.54) is 12.1 Å². The average Bonchev–Trinajstić information content (AvgIpc) is 2.93. The Kier molecular flexibility index (Phi) is 3.73. The number of hydrogen-bond donors (Lipinski definition) is 1. The van der Waals surface area contributed by atoms with Gasteiger partial charge in [-0.15, -0.1) is 0 Å². The van der Waals surface area contributed by atoms with Gasteiger partial charge in [0.25, 0.3) is 0 Å². The van der Waals surface area contributed by atoms with E-state index in [4.69, 9.17) is 9.47 Å². The van der Waals surface area contributed by atoms with E-state index in [1.54, 1.807) is 30.3 Å². The highest BCUT2D eigenvalue weighted by Gasteiger charge is 2.14. The summed E-state index contributed by atoms with van der Waals surface area (Å²) in [6, 6.07) is 11.5. The van der Waals surface area contributed by atoms with Crippen LogP contribution >= 0.6 is 0 Å². The van der Waals surface area contributed by atoms with Crippen molar-refractivity contribution in [1.82, 2.24) is 0 Å². The average molecular weight is 287 g/mol. The van der Waals surface area contributed by atoms with Gasteiger partial charge in [-0.05, 0) is 36.2 Å². The molecule has 0 bridgehead atoms. The van der Waals surface area contributed by atoms with Crippen molar-refractivity contribution in [3.05, 3.63) is 53.8 Å². The van der Waals surface area contributed by atoms with E-state index in [-0.39, 0.29) is 24.9 Å².